The van der Waals surface area contributed by atoms with E-state index in [1.165, 1.54) is 18.4 Å². The van der Waals surface area contributed by atoms with Crippen LogP contribution in [0.1, 0.15) is 21.9 Å². The largest absolute Gasteiger partial charge is 0.465 e. The summed E-state index contributed by atoms with van der Waals surface area (Å²) in [4.78, 5) is 24.6. The number of carbonyl (C=O) groups excluding carboxylic acids is 2. The third kappa shape index (κ3) is 5.36. The molecule has 4 aromatic rings. The summed E-state index contributed by atoms with van der Waals surface area (Å²) >= 11 is 0. The summed E-state index contributed by atoms with van der Waals surface area (Å²) in [6.07, 6.45) is 7.55. The van der Waals surface area contributed by atoms with Crippen LogP contribution in [0.5, 0.6) is 0 Å². The highest BCUT2D eigenvalue weighted by Crippen LogP contribution is 2.22. The highest BCUT2D eigenvalue weighted by Gasteiger charge is 2.06. The van der Waals surface area contributed by atoms with E-state index in [2.05, 4.69) is 5.32 Å². The van der Waals surface area contributed by atoms with Crippen molar-refractivity contribution in [3.8, 4) is 11.3 Å². The molecule has 31 heavy (non-hydrogen) atoms. The Morgan fingerprint density at radius 2 is 1.61 bits per heavy atom. The number of carbonyl (C=O) groups is 2. The average molecular weight is 409 g/mol. The third-order valence-electron chi connectivity index (χ3n) is 4.44. The topological polar surface area (TPSA) is 72.5 Å². The molecule has 0 bridgehead atoms. The van der Waals surface area contributed by atoms with Gasteiger partial charge in [-0.2, -0.15) is 0 Å². The zero-order chi connectivity index (χ0) is 21.5. The van der Waals surface area contributed by atoms with Crippen LogP contribution in [0.25, 0.3) is 23.5 Å². The fourth-order valence-electron chi connectivity index (χ4n) is 2.93. The van der Waals surface area contributed by atoms with Gasteiger partial charge in [0.05, 0.1) is 6.26 Å². The Balaban J connectivity index is 1.40. The number of allylic oxidation sites excluding steroid dienone is 1. The molecule has 2 aromatic carbocycles. The number of nitrogens with one attached hydrogen (secondary N) is 1. The van der Waals surface area contributed by atoms with Gasteiger partial charge in [-0.1, -0.05) is 42.5 Å². The SMILES string of the molecule is O=C(/C=C/c1ccco1)Nc1cccc(C(=O)/C=C/c2ccc(-c3ccccc3)o2)c1. The second kappa shape index (κ2) is 9.41. The molecule has 1 amide bonds. The molecule has 0 aliphatic carbocycles. The van der Waals surface area contributed by atoms with E-state index in [-0.39, 0.29) is 11.7 Å². The molecule has 1 N–H and O–H groups in total. The maximum Gasteiger partial charge on any atom is 0.248 e. The van der Waals surface area contributed by atoms with Crippen molar-refractivity contribution in [1.82, 2.24) is 0 Å². The van der Waals surface area contributed by atoms with Gasteiger partial charge in [-0.05, 0) is 54.6 Å². The molecule has 0 saturated carbocycles. The maximum atomic E-state index is 12.5. The van der Waals surface area contributed by atoms with Crippen LogP contribution in [0, 0.1) is 0 Å². The summed E-state index contributed by atoms with van der Waals surface area (Å²) in [5.41, 5.74) is 1.95. The molecule has 152 valence electrons. The standard InChI is InChI=1S/C26H19NO4/c28-24(14-11-23-12-15-25(31-23)19-6-2-1-3-7-19)20-8-4-9-21(18-20)27-26(29)16-13-22-10-5-17-30-22/h1-18H,(H,27,29)/b14-11+,16-13+. The summed E-state index contributed by atoms with van der Waals surface area (Å²) in [5.74, 6) is 1.39. The number of rotatable bonds is 7. The molecule has 0 spiro atoms. The molecular formula is C26H19NO4. The summed E-state index contributed by atoms with van der Waals surface area (Å²) in [6.45, 7) is 0. The third-order valence-corrected chi connectivity index (χ3v) is 4.44. The quantitative estimate of drug-likeness (QED) is 0.296. The molecule has 0 radical (unpaired) electrons. The number of hydrogen-bond acceptors (Lipinski definition) is 4. The fraction of sp³-hybridized carbons (Fsp3) is 0. The lowest BCUT2D eigenvalue weighted by Gasteiger charge is -2.03. The number of ketones is 1. The molecule has 0 aliphatic rings. The van der Waals surface area contributed by atoms with E-state index < -0.39 is 0 Å². The number of anilines is 1. The lowest BCUT2D eigenvalue weighted by molar-refractivity contribution is -0.111. The number of amides is 1. The van der Waals surface area contributed by atoms with Crippen LogP contribution in [-0.4, -0.2) is 11.7 Å². The van der Waals surface area contributed by atoms with E-state index in [1.54, 1.807) is 48.6 Å². The predicted octanol–water partition coefficient (Wildman–Crippen LogP) is 6.09. The first kappa shape index (κ1) is 19.9. The van der Waals surface area contributed by atoms with E-state index in [0.29, 0.717) is 22.8 Å². The van der Waals surface area contributed by atoms with Gasteiger partial charge < -0.3 is 14.2 Å². The summed E-state index contributed by atoms with van der Waals surface area (Å²) < 4.78 is 10.9. The first-order valence-corrected chi connectivity index (χ1v) is 9.68. The van der Waals surface area contributed by atoms with Crippen molar-refractivity contribution in [3.05, 3.63) is 114 Å². The first-order chi connectivity index (χ1) is 15.2. The number of benzene rings is 2. The van der Waals surface area contributed by atoms with Crippen LogP contribution in [0.2, 0.25) is 0 Å². The van der Waals surface area contributed by atoms with Gasteiger partial charge in [0.2, 0.25) is 5.91 Å². The van der Waals surface area contributed by atoms with Crippen molar-refractivity contribution < 1.29 is 18.4 Å². The monoisotopic (exact) mass is 409 g/mol. The van der Waals surface area contributed by atoms with Crippen molar-refractivity contribution in [3.63, 3.8) is 0 Å². The minimum Gasteiger partial charge on any atom is -0.465 e. The first-order valence-electron chi connectivity index (χ1n) is 9.68. The highest BCUT2D eigenvalue weighted by atomic mass is 16.3. The van der Waals surface area contributed by atoms with Gasteiger partial charge in [0.1, 0.15) is 17.3 Å². The molecular weight excluding hydrogens is 390 g/mol. The molecule has 2 aromatic heterocycles. The molecule has 5 heteroatoms. The Kier molecular flexibility index (Phi) is 6.05. The predicted molar refractivity (Wildman–Crippen MR) is 120 cm³/mol. The second-order valence-electron chi connectivity index (χ2n) is 6.68. The fourth-order valence-corrected chi connectivity index (χ4v) is 2.93. The molecule has 0 atom stereocenters. The van der Waals surface area contributed by atoms with Crippen molar-refractivity contribution in [2.75, 3.05) is 5.32 Å². The lowest BCUT2D eigenvalue weighted by atomic mass is 10.1. The van der Waals surface area contributed by atoms with Crippen LogP contribution < -0.4 is 5.32 Å². The van der Waals surface area contributed by atoms with Gasteiger partial charge in [-0.15, -0.1) is 0 Å². The normalized spacial score (nSPS) is 11.2. The lowest BCUT2D eigenvalue weighted by Crippen LogP contribution is -2.08. The average Bonchev–Trinajstić information content (AvgIpc) is 3.49. The van der Waals surface area contributed by atoms with Crippen LogP contribution >= 0.6 is 0 Å². The van der Waals surface area contributed by atoms with Crippen molar-refractivity contribution in [1.29, 1.82) is 0 Å². The number of hydrogen-bond donors (Lipinski definition) is 1. The molecule has 0 fully saturated rings. The van der Waals surface area contributed by atoms with Gasteiger partial charge in [0.15, 0.2) is 5.78 Å². The Morgan fingerprint density at radius 3 is 2.42 bits per heavy atom. The van der Waals surface area contributed by atoms with Crippen LogP contribution in [0.3, 0.4) is 0 Å². The zero-order valence-electron chi connectivity index (χ0n) is 16.5. The molecule has 5 nitrogen and oxygen atoms in total. The minimum atomic E-state index is -0.319. The van der Waals surface area contributed by atoms with Gasteiger partial charge in [0.25, 0.3) is 0 Å². The van der Waals surface area contributed by atoms with E-state index in [4.69, 9.17) is 8.83 Å². The highest BCUT2D eigenvalue weighted by molar-refractivity contribution is 6.08. The summed E-state index contributed by atoms with van der Waals surface area (Å²) in [6, 6.07) is 23.7. The minimum absolute atomic E-state index is 0.195. The molecule has 2 heterocycles. The summed E-state index contributed by atoms with van der Waals surface area (Å²) in [5, 5.41) is 2.73. The molecule has 0 saturated heterocycles. The van der Waals surface area contributed by atoms with E-state index in [0.717, 1.165) is 11.3 Å². The van der Waals surface area contributed by atoms with E-state index in [1.807, 2.05) is 42.5 Å². The Labute approximate surface area is 179 Å². The van der Waals surface area contributed by atoms with Gasteiger partial charge in [-0.3, -0.25) is 9.59 Å². The molecule has 4 rings (SSSR count). The van der Waals surface area contributed by atoms with Crippen LogP contribution in [-0.2, 0) is 4.79 Å². The smallest absolute Gasteiger partial charge is 0.248 e. The van der Waals surface area contributed by atoms with Crippen molar-refractivity contribution >= 4 is 29.5 Å². The van der Waals surface area contributed by atoms with Crippen molar-refractivity contribution in [2.45, 2.75) is 0 Å². The van der Waals surface area contributed by atoms with Gasteiger partial charge in [-0.25, -0.2) is 0 Å². The number of furan rings is 2. The zero-order valence-corrected chi connectivity index (χ0v) is 16.5. The summed E-state index contributed by atoms with van der Waals surface area (Å²) in [7, 11) is 0. The van der Waals surface area contributed by atoms with Crippen LogP contribution in [0.15, 0.2) is 106 Å². The maximum absolute atomic E-state index is 12.5. The molecule has 0 aliphatic heterocycles. The Hall–Kier alpha value is -4.38. The van der Waals surface area contributed by atoms with Crippen molar-refractivity contribution in [2.24, 2.45) is 0 Å². The Bertz CT molecular complexity index is 1230. The van der Waals surface area contributed by atoms with Crippen LogP contribution in [0.4, 0.5) is 5.69 Å². The van der Waals surface area contributed by atoms with Gasteiger partial charge >= 0.3 is 0 Å². The Morgan fingerprint density at radius 1 is 0.774 bits per heavy atom. The van der Waals surface area contributed by atoms with Gasteiger partial charge in [0, 0.05) is 22.9 Å². The molecule has 0 unspecified atom stereocenters. The van der Waals surface area contributed by atoms with E-state index >= 15 is 0 Å². The second-order valence-corrected chi connectivity index (χ2v) is 6.68. The van der Waals surface area contributed by atoms with E-state index in [9.17, 15) is 9.59 Å².